The second kappa shape index (κ2) is 13.1. The number of nitrogens with two attached hydrogens (primary N) is 3. The van der Waals surface area contributed by atoms with E-state index >= 15 is 0 Å². The number of benzene rings is 1. The number of hydrogen-bond acceptors (Lipinski definition) is 6. The van der Waals surface area contributed by atoms with Crippen LogP contribution < -0.4 is 17.2 Å². The van der Waals surface area contributed by atoms with E-state index in [1.165, 1.54) is 0 Å². The number of ketones is 1. The summed E-state index contributed by atoms with van der Waals surface area (Å²) in [5, 5.41) is 18.5. The molecule has 0 saturated heterocycles. The Kier molecular flexibility index (Phi) is 10.8. The number of hydrogen-bond donors (Lipinski definition) is 5. The minimum atomic E-state index is -2.09. The van der Waals surface area contributed by atoms with Crippen molar-refractivity contribution >= 4 is 29.6 Å². The van der Waals surface area contributed by atoms with E-state index in [1.54, 1.807) is 0 Å². The minimum absolute atomic E-state index is 0.0617. The van der Waals surface area contributed by atoms with Crippen molar-refractivity contribution in [2.45, 2.75) is 44.1 Å². The summed E-state index contributed by atoms with van der Waals surface area (Å²) < 4.78 is 0. The molecule has 0 aliphatic carbocycles. The molecule has 0 radical (unpaired) electrons. The Morgan fingerprint density at radius 2 is 1.50 bits per heavy atom. The van der Waals surface area contributed by atoms with Crippen LogP contribution in [0.5, 0.6) is 0 Å². The molecule has 0 spiro atoms. The molecule has 11 heteroatoms. The lowest BCUT2D eigenvalue weighted by Crippen LogP contribution is -2.64. The molecule has 1 amide bonds. The van der Waals surface area contributed by atoms with Crippen LogP contribution in [0.4, 0.5) is 0 Å². The molecule has 0 aliphatic rings. The van der Waals surface area contributed by atoms with Gasteiger partial charge in [0.25, 0.3) is 0 Å². The molecule has 1 rings (SSSR count). The predicted molar refractivity (Wildman–Crippen MR) is 118 cm³/mol. The summed E-state index contributed by atoms with van der Waals surface area (Å²) in [6.45, 7) is -1.62. The zero-order valence-corrected chi connectivity index (χ0v) is 17.9. The van der Waals surface area contributed by atoms with E-state index in [0.29, 0.717) is 12.8 Å². The number of aryl methyl sites for hydroxylation is 1. The molecule has 1 aromatic carbocycles. The van der Waals surface area contributed by atoms with Gasteiger partial charge in [-0.2, -0.15) is 0 Å². The second-order valence-corrected chi connectivity index (χ2v) is 7.39. The van der Waals surface area contributed by atoms with Crippen molar-refractivity contribution < 1.29 is 29.4 Å². The Balaban J connectivity index is 3.07. The third-order valence-corrected chi connectivity index (χ3v) is 5.01. The molecular formula is C21H31N5O6. The first kappa shape index (κ1) is 26.6. The zero-order valence-electron chi connectivity index (χ0n) is 17.9. The molecule has 0 heterocycles. The fourth-order valence-corrected chi connectivity index (χ4v) is 3.55. The summed E-state index contributed by atoms with van der Waals surface area (Å²) in [5.41, 5.74) is 15.2. The summed E-state index contributed by atoms with van der Waals surface area (Å²) >= 11 is 0. The number of rotatable bonds is 16. The Bertz CT molecular complexity index is 809. The zero-order chi connectivity index (χ0) is 24.1. The highest BCUT2D eigenvalue weighted by Gasteiger charge is 2.49. The lowest BCUT2D eigenvalue weighted by molar-refractivity contribution is -0.152. The average Bonchev–Trinajstić information content (AvgIpc) is 2.70. The number of aliphatic carboxylic acids is 2. The standard InChI is InChI=1S/C21H31N5O6/c22-19(32)21(11-6-12-25-20(23)24,26(13-17(28)29)14-18(30)31)16(27)10-5-4-9-15-7-2-1-3-8-15/h1-3,7-8H,4-6,9-14H2,(H2,22,32)(H,28,29)(H,30,31)(H4,23,24,25)/t21-/m1/s1. The van der Waals surface area contributed by atoms with Gasteiger partial charge in [0.05, 0.1) is 13.1 Å². The lowest BCUT2D eigenvalue weighted by Gasteiger charge is -2.38. The molecule has 0 fully saturated rings. The fraction of sp³-hybridized carbons (Fsp3) is 0.476. The van der Waals surface area contributed by atoms with Gasteiger partial charge in [0.2, 0.25) is 5.91 Å². The highest BCUT2D eigenvalue weighted by Crippen LogP contribution is 2.26. The molecule has 176 valence electrons. The van der Waals surface area contributed by atoms with Gasteiger partial charge >= 0.3 is 11.9 Å². The maximum Gasteiger partial charge on any atom is 0.317 e. The summed E-state index contributed by atoms with van der Waals surface area (Å²) in [4.78, 5) is 53.1. The van der Waals surface area contributed by atoms with E-state index in [9.17, 15) is 29.4 Å². The SMILES string of the molecule is NC(=O)[C@@](CCCN=C(N)N)(C(=O)CCCCc1ccccc1)N(CC(=O)O)CC(=O)O. The van der Waals surface area contributed by atoms with Crippen molar-refractivity contribution in [3.8, 4) is 0 Å². The first-order chi connectivity index (χ1) is 15.1. The van der Waals surface area contributed by atoms with E-state index in [1.807, 2.05) is 30.3 Å². The Morgan fingerprint density at radius 1 is 0.906 bits per heavy atom. The number of carbonyl (C=O) groups excluding carboxylic acids is 2. The Morgan fingerprint density at radius 3 is 2.00 bits per heavy atom. The minimum Gasteiger partial charge on any atom is -0.480 e. The van der Waals surface area contributed by atoms with E-state index in [-0.39, 0.29) is 31.8 Å². The normalized spacial score (nSPS) is 12.7. The number of carboxylic acids is 2. The van der Waals surface area contributed by atoms with Gasteiger partial charge in [-0.05, 0) is 37.7 Å². The maximum atomic E-state index is 13.2. The molecule has 1 aromatic rings. The van der Waals surface area contributed by atoms with Crippen LogP contribution in [0, 0.1) is 0 Å². The van der Waals surface area contributed by atoms with Gasteiger partial charge in [-0.3, -0.25) is 29.1 Å². The first-order valence-electron chi connectivity index (χ1n) is 10.2. The smallest absolute Gasteiger partial charge is 0.317 e. The van der Waals surface area contributed by atoms with Gasteiger partial charge in [0.1, 0.15) is 0 Å². The van der Waals surface area contributed by atoms with Crippen molar-refractivity contribution in [3.05, 3.63) is 35.9 Å². The molecule has 11 nitrogen and oxygen atoms in total. The number of unbranched alkanes of at least 4 members (excludes halogenated alkanes) is 1. The highest BCUT2D eigenvalue weighted by atomic mass is 16.4. The largest absolute Gasteiger partial charge is 0.480 e. The van der Waals surface area contributed by atoms with Crippen molar-refractivity contribution in [2.24, 2.45) is 22.2 Å². The van der Waals surface area contributed by atoms with E-state index in [4.69, 9.17) is 17.2 Å². The third-order valence-electron chi connectivity index (χ3n) is 5.01. The van der Waals surface area contributed by atoms with Crippen LogP contribution >= 0.6 is 0 Å². The average molecular weight is 450 g/mol. The van der Waals surface area contributed by atoms with Gasteiger partial charge in [0.15, 0.2) is 17.3 Å². The first-order valence-corrected chi connectivity index (χ1v) is 10.2. The van der Waals surface area contributed by atoms with Gasteiger partial charge in [0, 0.05) is 13.0 Å². The predicted octanol–water partition coefficient (Wildman–Crippen LogP) is -0.283. The molecule has 0 bridgehead atoms. The van der Waals surface area contributed by atoms with Crippen molar-refractivity contribution in [1.82, 2.24) is 4.90 Å². The highest BCUT2D eigenvalue weighted by molar-refractivity contribution is 6.10. The molecule has 0 unspecified atom stereocenters. The van der Waals surface area contributed by atoms with Crippen molar-refractivity contribution in [2.75, 3.05) is 19.6 Å². The number of amides is 1. The van der Waals surface area contributed by atoms with Crippen LogP contribution in [0.15, 0.2) is 35.3 Å². The quantitative estimate of drug-likeness (QED) is 0.0972. The maximum absolute atomic E-state index is 13.2. The van der Waals surface area contributed by atoms with Crippen LogP contribution in [0.1, 0.15) is 37.7 Å². The number of nitrogens with zero attached hydrogens (tertiary/aromatic N) is 2. The topological polar surface area (TPSA) is 202 Å². The number of carbonyl (C=O) groups is 4. The Labute approximate surface area is 186 Å². The monoisotopic (exact) mass is 449 g/mol. The third kappa shape index (κ3) is 8.34. The van der Waals surface area contributed by atoms with Crippen molar-refractivity contribution in [1.29, 1.82) is 0 Å². The second-order valence-electron chi connectivity index (χ2n) is 7.39. The van der Waals surface area contributed by atoms with E-state index < -0.39 is 42.3 Å². The van der Waals surface area contributed by atoms with Crippen LogP contribution in [0.25, 0.3) is 0 Å². The number of primary amides is 1. The van der Waals surface area contributed by atoms with E-state index in [0.717, 1.165) is 16.9 Å². The summed E-state index contributed by atoms with van der Waals surface area (Å²) in [7, 11) is 0. The van der Waals surface area contributed by atoms with Crippen LogP contribution in [0.2, 0.25) is 0 Å². The summed E-state index contributed by atoms with van der Waals surface area (Å²) in [5.74, 6) is -4.69. The number of Topliss-reactive ketones (excluding diaryl/α,β-unsaturated/α-hetero) is 1. The molecule has 0 aromatic heterocycles. The molecule has 0 saturated carbocycles. The number of carboxylic acid groups (broad SMARTS) is 2. The molecule has 1 atom stereocenters. The van der Waals surface area contributed by atoms with Crippen LogP contribution in [-0.2, 0) is 25.6 Å². The van der Waals surface area contributed by atoms with Gasteiger partial charge in [-0.1, -0.05) is 30.3 Å². The van der Waals surface area contributed by atoms with Crippen molar-refractivity contribution in [3.63, 3.8) is 0 Å². The van der Waals surface area contributed by atoms with E-state index in [2.05, 4.69) is 4.99 Å². The summed E-state index contributed by atoms with van der Waals surface area (Å²) in [6, 6.07) is 9.63. The van der Waals surface area contributed by atoms with Crippen LogP contribution in [0.3, 0.4) is 0 Å². The number of guanidine groups is 1. The lowest BCUT2D eigenvalue weighted by atomic mass is 9.82. The summed E-state index contributed by atoms with van der Waals surface area (Å²) in [6.07, 6.45) is 1.63. The molecular weight excluding hydrogens is 418 g/mol. The molecule has 32 heavy (non-hydrogen) atoms. The molecule has 0 aliphatic heterocycles. The van der Waals surface area contributed by atoms with Gasteiger partial charge in [-0.15, -0.1) is 0 Å². The van der Waals surface area contributed by atoms with Gasteiger partial charge in [-0.25, -0.2) is 0 Å². The molecule has 8 N–H and O–H groups in total. The number of aliphatic imine (C=N–C) groups is 1. The van der Waals surface area contributed by atoms with Crippen LogP contribution in [-0.4, -0.2) is 69.9 Å². The fourth-order valence-electron chi connectivity index (χ4n) is 3.55. The van der Waals surface area contributed by atoms with Gasteiger partial charge < -0.3 is 27.4 Å². The Hall–Kier alpha value is -3.47.